The van der Waals surface area contributed by atoms with Crippen molar-refractivity contribution in [2.24, 2.45) is 0 Å². The minimum Gasteiger partial charge on any atom is -0.493 e. The van der Waals surface area contributed by atoms with Gasteiger partial charge in [-0.15, -0.1) is 0 Å². The maximum absolute atomic E-state index is 12.8. The summed E-state index contributed by atoms with van der Waals surface area (Å²) in [6.45, 7) is 5.18. The zero-order chi connectivity index (χ0) is 21.3. The van der Waals surface area contributed by atoms with Gasteiger partial charge in [-0.3, -0.25) is 9.69 Å². The van der Waals surface area contributed by atoms with Crippen LogP contribution in [0.4, 0.5) is 4.79 Å². The third kappa shape index (κ3) is 3.65. The third-order valence-corrected chi connectivity index (χ3v) is 5.29. The number of methoxy groups -OCH3 is 2. The number of piperazine rings is 1. The molecular formula is C20H25N5O5. The standard InChI is InChI=1S/C20H25N5O5/c1-4-30-20(27)25-7-5-24(6-8-25)11-16-22-18-17(19(26)23-16)12-9-14(28-2)15(29-3)10-13(12)21-18/h9-10H,4-8,11H2,1-3H3,(H2,21,22,23,26). The van der Waals surface area contributed by atoms with Gasteiger partial charge in [0.1, 0.15) is 11.5 Å². The number of rotatable bonds is 5. The van der Waals surface area contributed by atoms with Crippen molar-refractivity contribution in [3.63, 3.8) is 0 Å². The first-order chi connectivity index (χ1) is 14.5. The summed E-state index contributed by atoms with van der Waals surface area (Å²) >= 11 is 0. The van der Waals surface area contributed by atoms with Crippen LogP contribution in [-0.2, 0) is 11.3 Å². The zero-order valence-electron chi connectivity index (χ0n) is 17.3. The van der Waals surface area contributed by atoms with Crippen molar-refractivity contribution < 1.29 is 19.0 Å². The van der Waals surface area contributed by atoms with Gasteiger partial charge in [0.2, 0.25) is 0 Å². The van der Waals surface area contributed by atoms with Gasteiger partial charge < -0.3 is 29.1 Å². The van der Waals surface area contributed by atoms with Crippen LogP contribution in [0.15, 0.2) is 16.9 Å². The van der Waals surface area contributed by atoms with E-state index >= 15 is 0 Å². The molecule has 10 heteroatoms. The van der Waals surface area contributed by atoms with Crippen LogP contribution in [0.25, 0.3) is 21.9 Å². The molecule has 1 aromatic carbocycles. The minimum absolute atomic E-state index is 0.210. The Morgan fingerprint density at radius 1 is 1.10 bits per heavy atom. The van der Waals surface area contributed by atoms with Crippen LogP contribution in [0.1, 0.15) is 12.7 Å². The van der Waals surface area contributed by atoms with Crippen molar-refractivity contribution in [1.29, 1.82) is 0 Å². The average molecular weight is 415 g/mol. The number of carbonyl (C=O) groups excluding carboxylic acids is 1. The highest BCUT2D eigenvalue weighted by Crippen LogP contribution is 2.34. The van der Waals surface area contributed by atoms with Crippen LogP contribution in [0, 0.1) is 0 Å². The maximum Gasteiger partial charge on any atom is 0.409 e. The molecule has 0 aliphatic carbocycles. The van der Waals surface area contributed by atoms with Gasteiger partial charge in [-0.1, -0.05) is 0 Å². The second kappa shape index (κ2) is 8.23. The van der Waals surface area contributed by atoms with E-state index in [4.69, 9.17) is 14.2 Å². The van der Waals surface area contributed by atoms with Crippen LogP contribution >= 0.6 is 0 Å². The van der Waals surface area contributed by atoms with Crippen molar-refractivity contribution in [3.05, 3.63) is 28.3 Å². The smallest absolute Gasteiger partial charge is 0.409 e. The third-order valence-electron chi connectivity index (χ3n) is 5.29. The normalized spacial score (nSPS) is 15.0. The number of aromatic nitrogens is 3. The van der Waals surface area contributed by atoms with Gasteiger partial charge in [0.25, 0.3) is 5.56 Å². The van der Waals surface area contributed by atoms with E-state index < -0.39 is 0 Å². The van der Waals surface area contributed by atoms with Crippen molar-refractivity contribution in [2.75, 3.05) is 47.0 Å². The lowest BCUT2D eigenvalue weighted by molar-refractivity contribution is 0.0772. The van der Waals surface area contributed by atoms with Crippen molar-refractivity contribution in [2.45, 2.75) is 13.5 Å². The van der Waals surface area contributed by atoms with Gasteiger partial charge in [-0.2, -0.15) is 0 Å². The highest BCUT2D eigenvalue weighted by atomic mass is 16.6. The maximum atomic E-state index is 12.8. The van der Waals surface area contributed by atoms with E-state index in [0.717, 1.165) is 10.9 Å². The molecule has 1 aliphatic rings. The van der Waals surface area contributed by atoms with E-state index in [1.165, 1.54) is 0 Å². The molecule has 0 saturated carbocycles. The quantitative estimate of drug-likeness (QED) is 0.652. The van der Waals surface area contributed by atoms with Gasteiger partial charge >= 0.3 is 6.09 Å². The Morgan fingerprint density at radius 2 is 1.80 bits per heavy atom. The summed E-state index contributed by atoms with van der Waals surface area (Å²) < 4.78 is 15.7. The van der Waals surface area contributed by atoms with Gasteiger partial charge in [0.05, 0.1) is 38.3 Å². The van der Waals surface area contributed by atoms with Crippen LogP contribution in [0.5, 0.6) is 11.5 Å². The number of hydrogen-bond donors (Lipinski definition) is 2. The molecule has 1 amide bonds. The number of nitrogens with one attached hydrogen (secondary N) is 2. The Kier molecular flexibility index (Phi) is 5.49. The Bertz CT molecular complexity index is 1130. The minimum atomic E-state index is -0.283. The predicted octanol–water partition coefficient (Wildman–Crippen LogP) is 1.70. The van der Waals surface area contributed by atoms with Crippen LogP contribution in [0.3, 0.4) is 0 Å². The van der Waals surface area contributed by atoms with Crippen molar-refractivity contribution >= 4 is 28.0 Å². The lowest BCUT2D eigenvalue weighted by atomic mass is 10.2. The summed E-state index contributed by atoms with van der Waals surface area (Å²) in [6.07, 6.45) is -0.283. The number of aromatic amines is 2. The molecule has 0 atom stereocenters. The number of carbonyl (C=O) groups is 1. The molecule has 30 heavy (non-hydrogen) atoms. The summed E-state index contributed by atoms with van der Waals surface area (Å²) in [5.74, 6) is 1.70. The van der Waals surface area contributed by atoms with Gasteiger partial charge in [0.15, 0.2) is 11.5 Å². The SMILES string of the molecule is CCOC(=O)N1CCN(Cc2nc3[nH]c4cc(OC)c(OC)cc4c3c(=O)[nH]2)CC1. The molecule has 0 radical (unpaired) electrons. The van der Waals surface area contributed by atoms with Crippen LogP contribution in [0.2, 0.25) is 0 Å². The van der Waals surface area contributed by atoms with E-state index in [0.29, 0.717) is 67.7 Å². The lowest BCUT2D eigenvalue weighted by Crippen LogP contribution is -2.48. The largest absolute Gasteiger partial charge is 0.493 e. The van der Waals surface area contributed by atoms with E-state index in [2.05, 4.69) is 19.9 Å². The molecule has 160 valence electrons. The molecule has 2 aromatic heterocycles. The van der Waals surface area contributed by atoms with E-state index in [9.17, 15) is 9.59 Å². The Hall–Kier alpha value is -3.27. The van der Waals surface area contributed by atoms with Crippen LogP contribution in [-0.4, -0.2) is 77.9 Å². The van der Waals surface area contributed by atoms with Crippen molar-refractivity contribution in [3.8, 4) is 11.5 Å². The number of H-pyrrole nitrogens is 2. The van der Waals surface area contributed by atoms with Crippen molar-refractivity contribution in [1.82, 2.24) is 24.8 Å². The van der Waals surface area contributed by atoms with Gasteiger partial charge in [-0.25, -0.2) is 9.78 Å². The number of ether oxygens (including phenoxy) is 3. The fourth-order valence-electron chi connectivity index (χ4n) is 3.77. The van der Waals surface area contributed by atoms with E-state index in [1.54, 1.807) is 38.2 Å². The molecule has 0 spiro atoms. The summed E-state index contributed by atoms with van der Waals surface area (Å²) in [6, 6.07) is 3.57. The predicted molar refractivity (Wildman–Crippen MR) is 111 cm³/mol. The van der Waals surface area contributed by atoms with Gasteiger partial charge in [0, 0.05) is 37.6 Å². The monoisotopic (exact) mass is 415 g/mol. The molecular weight excluding hydrogens is 390 g/mol. The molecule has 0 bridgehead atoms. The lowest BCUT2D eigenvalue weighted by Gasteiger charge is -2.33. The van der Waals surface area contributed by atoms with Crippen LogP contribution < -0.4 is 15.0 Å². The number of benzene rings is 1. The van der Waals surface area contributed by atoms with E-state index in [-0.39, 0.29) is 11.7 Å². The Morgan fingerprint density at radius 3 is 2.47 bits per heavy atom. The average Bonchev–Trinajstić information content (AvgIpc) is 3.10. The number of amides is 1. The molecule has 10 nitrogen and oxygen atoms in total. The number of fused-ring (bicyclic) bond motifs is 3. The highest BCUT2D eigenvalue weighted by Gasteiger charge is 2.23. The Balaban J connectivity index is 1.57. The second-order valence-corrected chi connectivity index (χ2v) is 7.08. The summed E-state index contributed by atoms with van der Waals surface area (Å²) in [5.41, 5.74) is 1.06. The molecule has 3 heterocycles. The molecule has 0 unspecified atom stereocenters. The first-order valence-electron chi connectivity index (χ1n) is 9.84. The molecule has 1 fully saturated rings. The fraction of sp³-hybridized carbons (Fsp3) is 0.450. The summed E-state index contributed by atoms with van der Waals surface area (Å²) in [5, 5.41) is 1.22. The zero-order valence-corrected chi connectivity index (χ0v) is 17.3. The second-order valence-electron chi connectivity index (χ2n) is 7.08. The molecule has 2 N–H and O–H groups in total. The van der Waals surface area contributed by atoms with Gasteiger partial charge in [-0.05, 0) is 13.0 Å². The number of nitrogens with zero attached hydrogens (tertiary/aromatic N) is 3. The van der Waals surface area contributed by atoms with E-state index in [1.807, 2.05) is 0 Å². The highest BCUT2D eigenvalue weighted by molar-refractivity contribution is 6.06. The molecule has 4 rings (SSSR count). The number of hydrogen-bond acceptors (Lipinski definition) is 7. The first kappa shape index (κ1) is 20.0. The molecule has 1 saturated heterocycles. The molecule has 1 aliphatic heterocycles. The summed E-state index contributed by atoms with van der Waals surface area (Å²) in [7, 11) is 3.12. The molecule has 3 aromatic rings. The summed E-state index contributed by atoms with van der Waals surface area (Å²) in [4.78, 5) is 39.2. The fourth-order valence-corrected chi connectivity index (χ4v) is 3.77. The first-order valence-corrected chi connectivity index (χ1v) is 9.84. The Labute approximate surface area is 172 Å². The topological polar surface area (TPSA) is 113 Å².